The van der Waals surface area contributed by atoms with Crippen LogP contribution in [0.5, 0.6) is 5.75 Å². The van der Waals surface area contributed by atoms with E-state index in [0.717, 1.165) is 25.0 Å². The van der Waals surface area contributed by atoms with Crippen LogP contribution < -0.4 is 10.1 Å². The van der Waals surface area contributed by atoms with E-state index in [9.17, 15) is 18.0 Å². The number of alkyl halides is 3. The molecule has 0 aliphatic rings. The van der Waals surface area contributed by atoms with Crippen LogP contribution in [-0.2, 0) is 17.5 Å². The Morgan fingerprint density at radius 1 is 1.18 bits per heavy atom. The summed E-state index contributed by atoms with van der Waals surface area (Å²) >= 11 is 5.66. The average molecular weight is 416 g/mol. The molecular weight excluding hydrogens is 395 g/mol. The van der Waals surface area contributed by atoms with Crippen LogP contribution in [0.1, 0.15) is 41.3 Å². The highest BCUT2D eigenvalue weighted by molar-refractivity contribution is 6.30. The van der Waals surface area contributed by atoms with Crippen molar-refractivity contribution in [1.82, 2.24) is 0 Å². The molecule has 1 amide bonds. The van der Waals surface area contributed by atoms with E-state index >= 15 is 0 Å². The number of nitrogens with one attached hydrogen (secondary N) is 1. The Bertz CT molecular complexity index is 825. The second kappa shape index (κ2) is 9.80. The maximum atomic E-state index is 13.2. The molecule has 2 rings (SSSR count). The van der Waals surface area contributed by atoms with Gasteiger partial charge in [0, 0.05) is 22.8 Å². The van der Waals surface area contributed by atoms with E-state index in [1.807, 2.05) is 6.92 Å². The van der Waals surface area contributed by atoms with Crippen molar-refractivity contribution in [2.45, 2.75) is 32.5 Å². The topological polar surface area (TPSA) is 47.6 Å². The fourth-order valence-corrected chi connectivity index (χ4v) is 2.69. The van der Waals surface area contributed by atoms with E-state index in [1.165, 1.54) is 19.2 Å². The molecule has 0 aliphatic carbocycles. The van der Waals surface area contributed by atoms with Gasteiger partial charge in [0.15, 0.2) is 0 Å². The van der Waals surface area contributed by atoms with Gasteiger partial charge in [-0.1, -0.05) is 24.9 Å². The molecule has 0 atom stereocenters. The summed E-state index contributed by atoms with van der Waals surface area (Å²) in [6, 6.07) is 7.79. The molecule has 0 aromatic heterocycles. The number of amides is 1. The van der Waals surface area contributed by atoms with Gasteiger partial charge in [-0.05, 0) is 42.8 Å². The highest BCUT2D eigenvalue weighted by atomic mass is 35.5. The molecule has 0 saturated heterocycles. The van der Waals surface area contributed by atoms with Gasteiger partial charge in [-0.2, -0.15) is 13.2 Å². The number of benzene rings is 2. The average Bonchev–Trinajstić information content (AvgIpc) is 2.65. The Kier molecular flexibility index (Phi) is 7.71. The first kappa shape index (κ1) is 22.0. The van der Waals surface area contributed by atoms with Crippen molar-refractivity contribution in [2.75, 3.05) is 19.0 Å². The lowest BCUT2D eigenvalue weighted by Gasteiger charge is -2.15. The quantitative estimate of drug-likeness (QED) is 0.543. The lowest BCUT2D eigenvalue weighted by molar-refractivity contribution is -0.136. The third kappa shape index (κ3) is 5.87. The van der Waals surface area contributed by atoms with Crippen LogP contribution in [0.4, 0.5) is 18.9 Å². The molecule has 0 saturated carbocycles. The summed E-state index contributed by atoms with van der Waals surface area (Å²) in [4.78, 5) is 12.5. The van der Waals surface area contributed by atoms with Crippen LogP contribution in [0.2, 0.25) is 5.02 Å². The number of carbonyl (C=O) groups excluding carboxylic acids is 1. The van der Waals surface area contributed by atoms with Gasteiger partial charge >= 0.3 is 6.18 Å². The van der Waals surface area contributed by atoms with Crippen molar-refractivity contribution in [3.63, 3.8) is 0 Å². The van der Waals surface area contributed by atoms with Gasteiger partial charge in [0.1, 0.15) is 5.75 Å². The highest BCUT2D eigenvalue weighted by Gasteiger charge is 2.34. The third-order valence-corrected chi connectivity index (χ3v) is 4.21. The Balaban J connectivity index is 2.23. The molecule has 2 aromatic rings. The number of rotatable bonds is 8. The molecule has 1 N–H and O–H groups in total. The monoisotopic (exact) mass is 415 g/mol. The molecule has 2 aromatic carbocycles. The summed E-state index contributed by atoms with van der Waals surface area (Å²) in [6.07, 6.45) is -2.76. The molecule has 0 aliphatic heterocycles. The van der Waals surface area contributed by atoms with E-state index < -0.39 is 17.6 Å². The fraction of sp³-hybridized carbons (Fsp3) is 0.350. The molecule has 0 radical (unpaired) electrons. The third-order valence-electron chi connectivity index (χ3n) is 3.98. The van der Waals surface area contributed by atoms with E-state index in [1.54, 1.807) is 12.1 Å². The number of ether oxygens (including phenoxy) is 2. The van der Waals surface area contributed by atoms with E-state index in [0.29, 0.717) is 17.9 Å². The minimum absolute atomic E-state index is 0.0683. The zero-order valence-electron chi connectivity index (χ0n) is 15.5. The Labute approximate surface area is 166 Å². The van der Waals surface area contributed by atoms with Crippen molar-refractivity contribution in [2.24, 2.45) is 0 Å². The van der Waals surface area contributed by atoms with Crippen molar-refractivity contribution < 1.29 is 27.4 Å². The predicted octanol–water partition coefficient (Wildman–Crippen LogP) is 5.94. The summed E-state index contributed by atoms with van der Waals surface area (Å²) in [5, 5.41) is 2.23. The van der Waals surface area contributed by atoms with Crippen LogP contribution in [0.3, 0.4) is 0 Å². The van der Waals surface area contributed by atoms with Crippen LogP contribution >= 0.6 is 11.6 Å². The predicted molar refractivity (Wildman–Crippen MR) is 102 cm³/mol. The molecule has 8 heteroatoms. The molecule has 0 heterocycles. The second-order valence-corrected chi connectivity index (χ2v) is 6.51. The van der Waals surface area contributed by atoms with Crippen molar-refractivity contribution in [1.29, 1.82) is 0 Å². The minimum atomic E-state index is -4.65. The molecular formula is C20H21ClF3NO3. The Morgan fingerprint density at radius 2 is 1.93 bits per heavy atom. The molecule has 0 spiro atoms. The van der Waals surface area contributed by atoms with Gasteiger partial charge in [-0.25, -0.2) is 0 Å². The number of methoxy groups -OCH3 is 1. The van der Waals surface area contributed by atoms with Gasteiger partial charge < -0.3 is 14.8 Å². The first-order valence-electron chi connectivity index (χ1n) is 8.69. The molecule has 152 valence electrons. The summed E-state index contributed by atoms with van der Waals surface area (Å²) in [6.45, 7) is 2.84. The van der Waals surface area contributed by atoms with Crippen molar-refractivity contribution >= 4 is 23.2 Å². The highest BCUT2D eigenvalue weighted by Crippen LogP contribution is 2.36. The number of carbonyl (C=O) groups is 1. The zero-order chi connectivity index (χ0) is 20.7. The molecule has 0 fully saturated rings. The van der Waals surface area contributed by atoms with E-state index in [-0.39, 0.29) is 22.9 Å². The number of hydrogen-bond donors (Lipinski definition) is 1. The van der Waals surface area contributed by atoms with E-state index in [4.69, 9.17) is 21.1 Å². The maximum Gasteiger partial charge on any atom is 0.418 e. The summed E-state index contributed by atoms with van der Waals surface area (Å²) in [7, 11) is 1.49. The number of unbranched alkanes of at least 4 members (excludes halogenated alkanes) is 1. The van der Waals surface area contributed by atoms with Gasteiger partial charge in [0.05, 0.1) is 25.0 Å². The first-order chi connectivity index (χ1) is 13.3. The standard InChI is InChI=1S/C20H21ClF3NO3/c1-3-4-9-28-12-14-10-13(5-8-18(14)27-2)19(26)25-17-7-6-15(21)11-16(17)20(22,23)24/h5-8,10-11H,3-4,9,12H2,1-2H3,(H,25,26). The van der Waals surface area contributed by atoms with Crippen molar-refractivity contribution in [3.05, 3.63) is 58.1 Å². The van der Waals surface area contributed by atoms with Gasteiger partial charge in [-0.3, -0.25) is 4.79 Å². The normalized spacial score (nSPS) is 11.4. The SMILES string of the molecule is CCCCOCc1cc(C(=O)Nc2ccc(Cl)cc2C(F)(F)F)ccc1OC. The van der Waals surface area contributed by atoms with Crippen LogP contribution in [-0.4, -0.2) is 19.6 Å². The van der Waals surface area contributed by atoms with Crippen LogP contribution in [0.25, 0.3) is 0 Å². The number of anilines is 1. The minimum Gasteiger partial charge on any atom is -0.496 e. The smallest absolute Gasteiger partial charge is 0.418 e. The van der Waals surface area contributed by atoms with Crippen LogP contribution in [0, 0.1) is 0 Å². The lowest BCUT2D eigenvalue weighted by Crippen LogP contribution is -2.17. The molecule has 28 heavy (non-hydrogen) atoms. The summed E-state index contributed by atoms with van der Waals surface area (Å²) < 4.78 is 50.4. The molecule has 0 bridgehead atoms. The summed E-state index contributed by atoms with van der Waals surface area (Å²) in [5.74, 6) is -0.138. The maximum absolute atomic E-state index is 13.2. The van der Waals surface area contributed by atoms with Gasteiger partial charge in [0.25, 0.3) is 5.91 Å². The van der Waals surface area contributed by atoms with Crippen molar-refractivity contribution in [3.8, 4) is 5.75 Å². The first-order valence-corrected chi connectivity index (χ1v) is 9.06. The fourth-order valence-electron chi connectivity index (χ4n) is 2.52. The lowest BCUT2D eigenvalue weighted by atomic mass is 10.1. The molecule has 4 nitrogen and oxygen atoms in total. The second-order valence-electron chi connectivity index (χ2n) is 6.07. The number of halogens is 4. The Morgan fingerprint density at radius 3 is 2.57 bits per heavy atom. The van der Waals surface area contributed by atoms with Crippen LogP contribution in [0.15, 0.2) is 36.4 Å². The molecule has 0 unspecified atom stereocenters. The van der Waals surface area contributed by atoms with Gasteiger partial charge in [0.2, 0.25) is 0 Å². The van der Waals surface area contributed by atoms with E-state index in [2.05, 4.69) is 5.32 Å². The zero-order valence-corrected chi connectivity index (χ0v) is 16.3. The van der Waals surface area contributed by atoms with Gasteiger partial charge in [-0.15, -0.1) is 0 Å². The largest absolute Gasteiger partial charge is 0.496 e. The number of hydrogen-bond acceptors (Lipinski definition) is 3. The Hall–Kier alpha value is -2.25. The summed E-state index contributed by atoms with van der Waals surface area (Å²) in [5.41, 5.74) is -0.542.